The highest BCUT2D eigenvalue weighted by Gasteiger charge is 2.04. The van der Waals surface area contributed by atoms with Gasteiger partial charge in [-0.15, -0.1) is 0 Å². The molecule has 0 N–H and O–H groups in total. The van der Waals surface area contributed by atoms with Crippen molar-refractivity contribution in [1.82, 2.24) is 0 Å². The van der Waals surface area contributed by atoms with E-state index in [-0.39, 0.29) is 0 Å². The maximum Gasteiger partial charge on any atom is -0.000700 e. The molecule has 1 atom stereocenters. The van der Waals surface area contributed by atoms with Crippen molar-refractivity contribution in [3.05, 3.63) is 84.0 Å². The molecule has 0 amide bonds. The van der Waals surface area contributed by atoms with Crippen molar-refractivity contribution in [2.24, 2.45) is 0 Å². The largest absolute Gasteiger partial charge is 0.0845 e. The van der Waals surface area contributed by atoms with Gasteiger partial charge >= 0.3 is 0 Å². The lowest BCUT2D eigenvalue weighted by Gasteiger charge is -2.10. The van der Waals surface area contributed by atoms with E-state index >= 15 is 0 Å². The van der Waals surface area contributed by atoms with Crippen molar-refractivity contribution >= 4 is 0 Å². The fraction of sp³-hybridized carbons (Fsp3) is 0.360. The predicted octanol–water partition coefficient (Wildman–Crippen LogP) is 8.18. The van der Waals surface area contributed by atoms with Crippen LogP contribution in [0, 0.1) is 0 Å². The average molecular weight is 335 g/mol. The summed E-state index contributed by atoms with van der Waals surface area (Å²) in [5.74, 6) is 0.426. The molecule has 2 aromatic rings. The number of unbranched alkanes of at least 4 members (excludes halogenated alkanes) is 1. The third-order valence-corrected chi connectivity index (χ3v) is 4.31. The fourth-order valence-electron chi connectivity index (χ4n) is 2.72. The summed E-state index contributed by atoms with van der Waals surface area (Å²) in [5.41, 5.74) is 5.38. The van der Waals surface area contributed by atoms with Crippen LogP contribution in [0.4, 0.5) is 0 Å². The van der Waals surface area contributed by atoms with E-state index in [0.29, 0.717) is 5.92 Å². The lowest BCUT2D eigenvalue weighted by Crippen LogP contribution is -1.90. The summed E-state index contributed by atoms with van der Waals surface area (Å²) in [6.45, 7) is 10.7. The Labute approximate surface area is 155 Å². The normalized spacial score (nSPS) is 12.6. The first kappa shape index (κ1) is 21.0. The standard InChI is InChI=1S/C23H28.C2H6/c1-4-6-11-20(5-2)17-16-19(3)22-14-10-15-23(18-22)21-12-8-7-9-13-21;1-2/h5,7-10,12-19H,4,6,11H2,1-3H3;1-2H3/b17-16-,20-5-;. The first-order valence-electron chi connectivity index (χ1n) is 9.73. The predicted molar refractivity (Wildman–Crippen MR) is 114 cm³/mol. The van der Waals surface area contributed by atoms with Crippen molar-refractivity contribution in [3.63, 3.8) is 0 Å². The summed E-state index contributed by atoms with van der Waals surface area (Å²) in [4.78, 5) is 0. The van der Waals surface area contributed by atoms with Gasteiger partial charge in [-0.1, -0.05) is 113 Å². The first-order chi connectivity index (χ1) is 12.2. The number of rotatable bonds is 7. The van der Waals surface area contributed by atoms with Crippen LogP contribution in [0.25, 0.3) is 11.1 Å². The molecule has 0 bridgehead atoms. The minimum absolute atomic E-state index is 0.426. The molecule has 134 valence electrons. The van der Waals surface area contributed by atoms with E-state index in [0.717, 1.165) is 0 Å². The molecule has 0 spiro atoms. The summed E-state index contributed by atoms with van der Waals surface area (Å²) in [5, 5.41) is 0. The lowest BCUT2D eigenvalue weighted by molar-refractivity contribution is 0.795. The van der Waals surface area contributed by atoms with Gasteiger partial charge in [0.15, 0.2) is 0 Å². The number of allylic oxidation sites excluding steroid dienone is 4. The van der Waals surface area contributed by atoms with Gasteiger partial charge in [0.1, 0.15) is 0 Å². The van der Waals surface area contributed by atoms with Crippen LogP contribution in [-0.2, 0) is 0 Å². The van der Waals surface area contributed by atoms with Gasteiger partial charge < -0.3 is 0 Å². The minimum atomic E-state index is 0.426. The Balaban J connectivity index is 0.00000151. The molecule has 0 radical (unpaired) electrons. The van der Waals surface area contributed by atoms with E-state index in [2.05, 4.69) is 93.6 Å². The van der Waals surface area contributed by atoms with Crippen molar-refractivity contribution in [1.29, 1.82) is 0 Å². The van der Waals surface area contributed by atoms with Crippen molar-refractivity contribution < 1.29 is 0 Å². The Morgan fingerprint density at radius 1 is 0.960 bits per heavy atom. The molecule has 25 heavy (non-hydrogen) atoms. The molecule has 0 nitrogen and oxygen atoms in total. The third kappa shape index (κ3) is 7.13. The average Bonchev–Trinajstić information content (AvgIpc) is 2.70. The first-order valence-corrected chi connectivity index (χ1v) is 9.73. The quantitative estimate of drug-likeness (QED) is 0.448. The number of hydrogen-bond donors (Lipinski definition) is 0. The van der Waals surface area contributed by atoms with E-state index in [1.807, 2.05) is 13.8 Å². The van der Waals surface area contributed by atoms with E-state index in [4.69, 9.17) is 0 Å². The molecule has 0 aromatic heterocycles. The summed E-state index contributed by atoms with van der Waals surface area (Å²) in [6.07, 6.45) is 10.6. The second-order valence-corrected chi connectivity index (χ2v) is 6.11. The summed E-state index contributed by atoms with van der Waals surface area (Å²) in [6, 6.07) is 19.5. The van der Waals surface area contributed by atoms with Gasteiger partial charge in [0.2, 0.25) is 0 Å². The van der Waals surface area contributed by atoms with Gasteiger partial charge in [-0.05, 0) is 42.4 Å². The van der Waals surface area contributed by atoms with Crippen LogP contribution in [0.5, 0.6) is 0 Å². The monoisotopic (exact) mass is 334 g/mol. The maximum absolute atomic E-state index is 2.33. The Morgan fingerprint density at radius 3 is 2.28 bits per heavy atom. The van der Waals surface area contributed by atoms with E-state index in [1.54, 1.807) is 0 Å². The fourth-order valence-corrected chi connectivity index (χ4v) is 2.72. The third-order valence-electron chi connectivity index (χ3n) is 4.31. The Kier molecular flexibility index (Phi) is 10.3. The maximum atomic E-state index is 2.33. The molecule has 0 aliphatic rings. The van der Waals surface area contributed by atoms with Gasteiger partial charge in [0, 0.05) is 0 Å². The molecule has 0 aliphatic carbocycles. The van der Waals surface area contributed by atoms with Crippen LogP contribution in [0.15, 0.2) is 78.4 Å². The molecular weight excluding hydrogens is 300 g/mol. The molecule has 0 saturated heterocycles. The summed E-state index contributed by atoms with van der Waals surface area (Å²) < 4.78 is 0. The van der Waals surface area contributed by atoms with Crippen molar-refractivity contribution in [2.45, 2.75) is 59.8 Å². The topological polar surface area (TPSA) is 0 Å². The van der Waals surface area contributed by atoms with Crippen LogP contribution < -0.4 is 0 Å². The van der Waals surface area contributed by atoms with Gasteiger partial charge in [-0.25, -0.2) is 0 Å². The van der Waals surface area contributed by atoms with Crippen LogP contribution >= 0.6 is 0 Å². The second kappa shape index (κ2) is 12.3. The van der Waals surface area contributed by atoms with Gasteiger partial charge in [-0.2, -0.15) is 0 Å². The molecule has 0 heterocycles. The Hall–Kier alpha value is -2.08. The van der Waals surface area contributed by atoms with Crippen LogP contribution in [0.3, 0.4) is 0 Å². The molecule has 1 unspecified atom stereocenters. The molecule has 0 heteroatoms. The van der Waals surface area contributed by atoms with Gasteiger partial charge in [0.25, 0.3) is 0 Å². The highest BCUT2D eigenvalue weighted by atomic mass is 14.1. The van der Waals surface area contributed by atoms with Crippen molar-refractivity contribution in [3.8, 4) is 11.1 Å². The number of benzene rings is 2. The van der Waals surface area contributed by atoms with E-state index in [9.17, 15) is 0 Å². The highest BCUT2D eigenvalue weighted by Crippen LogP contribution is 2.25. The second-order valence-electron chi connectivity index (χ2n) is 6.11. The molecular formula is C25H34. The molecule has 2 rings (SSSR count). The zero-order chi connectivity index (χ0) is 18.5. The molecule has 0 aliphatic heterocycles. The molecule has 2 aromatic carbocycles. The van der Waals surface area contributed by atoms with Crippen molar-refractivity contribution in [2.75, 3.05) is 0 Å². The zero-order valence-electron chi connectivity index (χ0n) is 16.6. The van der Waals surface area contributed by atoms with E-state index < -0.39 is 0 Å². The van der Waals surface area contributed by atoms with E-state index in [1.165, 1.54) is 41.5 Å². The minimum Gasteiger partial charge on any atom is -0.0845 e. The van der Waals surface area contributed by atoms with Gasteiger partial charge in [0.05, 0.1) is 0 Å². The van der Waals surface area contributed by atoms with Crippen LogP contribution in [0.1, 0.15) is 65.4 Å². The zero-order valence-corrected chi connectivity index (χ0v) is 16.6. The SMILES string of the molecule is C/C=C(\C=C/C(C)c1cccc(-c2ccccc2)c1)CCCC.CC. The molecule has 0 saturated carbocycles. The van der Waals surface area contributed by atoms with Gasteiger partial charge in [-0.3, -0.25) is 0 Å². The Bertz CT molecular complexity index is 647. The number of hydrogen-bond acceptors (Lipinski definition) is 0. The summed E-state index contributed by atoms with van der Waals surface area (Å²) in [7, 11) is 0. The smallest absolute Gasteiger partial charge is 0.000700 e. The molecule has 0 fully saturated rings. The Morgan fingerprint density at radius 2 is 1.64 bits per heavy atom. The highest BCUT2D eigenvalue weighted by molar-refractivity contribution is 5.64. The summed E-state index contributed by atoms with van der Waals surface area (Å²) >= 11 is 0. The lowest BCUT2D eigenvalue weighted by atomic mass is 9.95. The van der Waals surface area contributed by atoms with Crippen LogP contribution in [0.2, 0.25) is 0 Å². The van der Waals surface area contributed by atoms with Crippen LogP contribution in [-0.4, -0.2) is 0 Å².